The number of hydrogen-bond acceptors (Lipinski definition) is 5. The van der Waals surface area contributed by atoms with Gasteiger partial charge in [0.2, 0.25) is 0 Å². The maximum Gasteiger partial charge on any atom is 0.268 e. The van der Waals surface area contributed by atoms with Crippen molar-refractivity contribution >= 4 is 10.0 Å². The zero-order valence-electron chi connectivity index (χ0n) is 13.8. The van der Waals surface area contributed by atoms with Crippen LogP contribution in [0.1, 0.15) is 11.3 Å². The van der Waals surface area contributed by atoms with E-state index in [1.54, 1.807) is 25.2 Å². The van der Waals surface area contributed by atoms with Crippen molar-refractivity contribution in [2.24, 2.45) is 0 Å². The predicted molar refractivity (Wildman–Crippen MR) is 94.1 cm³/mol. The lowest BCUT2D eigenvalue weighted by Gasteiger charge is -2.11. The molecule has 132 valence electrons. The molecule has 0 fully saturated rings. The molecular weight excluding hydrogens is 355 g/mol. The summed E-state index contributed by atoms with van der Waals surface area (Å²) in [5, 5.41) is 12.3. The van der Waals surface area contributed by atoms with Gasteiger partial charge >= 0.3 is 0 Å². The maximum absolute atomic E-state index is 13.5. The monoisotopic (exact) mass is 370 g/mol. The number of hydrogen-bond donors (Lipinski definition) is 1. The number of nitriles is 1. The minimum atomic E-state index is -4.05. The molecule has 0 atom stereocenters. The van der Waals surface area contributed by atoms with E-state index in [2.05, 4.69) is 10.3 Å². The van der Waals surface area contributed by atoms with Crippen molar-refractivity contribution in [1.29, 1.82) is 5.26 Å². The van der Waals surface area contributed by atoms with Crippen LogP contribution in [0.5, 0.6) is 0 Å². The number of nitrogens with one attached hydrogen (secondary N) is 1. The van der Waals surface area contributed by atoms with E-state index >= 15 is 0 Å². The molecule has 2 aromatic heterocycles. The van der Waals surface area contributed by atoms with Crippen molar-refractivity contribution in [3.63, 3.8) is 0 Å². The summed E-state index contributed by atoms with van der Waals surface area (Å²) in [7, 11) is -2.31. The molecule has 0 unspecified atom stereocenters. The summed E-state index contributed by atoms with van der Waals surface area (Å²) in [6, 6.07) is 11.7. The van der Waals surface area contributed by atoms with Gasteiger partial charge in [-0.05, 0) is 49.0 Å². The Bertz CT molecular complexity index is 1100. The molecule has 0 saturated carbocycles. The van der Waals surface area contributed by atoms with Gasteiger partial charge in [-0.25, -0.2) is 21.8 Å². The number of aromatic nitrogens is 2. The highest BCUT2D eigenvalue weighted by atomic mass is 32.2. The van der Waals surface area contributed by atoms with E-state index in [4.69, 9.17) is 0 Å². The number of pyridine rings is 1. The van der Waals surface area contributed by atoms with Crippen molar-refractivity contribution in [2.45, 2.75) is 11.4 Å². The smallest absolute Gasteiger partial charge is 0.268 e. The zero-order chi connectivity index (χ0) is 18.7. The second kappa shape index (κ2) is 7.07. The fourth-order valence-electron chi connectivity index (χ4n) is 2.63. The highest BCUT2D eigenvalue weighted by Gasteiger charge is 2.23. The number of benzene rings is 1. The molecule has 0 aliphatic rings. The highest BCUT2D eigenvalue weighted by Crippen LogP contribution is 2.29. The molecule has 0 bridgehead atoms. The first-order chi connectivity index (χ1) is 12.5. The number of halogens is 1. The van der Waals surface area contributed by atoms with Gasteiger partial charge in [0.05, 0.1) is 10.6 Å². The van der Waals surface area contributed by atoms with E-state index in [0.29, 0.717) is 23.4 Å². The van der Waals surface area contributed by atoms with Crippen LogP contribution in [0.15, 0.2) is 59.8 Å². The fraction of sp³-hybridized carbons (Fsp3) is 0.111. The van der Waals surface area contributed by atoms with Crippen molar-refractivity contribution in [2.75, 3.05) is 7.05 Å². The third-order valence-corrected chi connectivity index (χ3v) is 5.44. The quantitative estimate of drug-likeness (QED) is 0.746. The van der Waals surface area contributed by atoms with Crippen LogP contribution in [0.3, 0.4) is 0 Å². The second-order valence-corrected chi connectivity index (χ2v) is 7.35. The average molecular weight is 370 g/mol. The van der Waals surface area contributed by atoms with Crippen molar-refractivity contribution < 1.29 is 12.8 Å². The minimum absolute atomic E-state index is 0.109. The molecule has 0 radical (unpaired) electrons. The van der Waals surface area contributed by atoms with E-state index < -0.39 is 15.8 Å². The Kier molecular flexibility index (Phi) is 4.84. The Balaban J connectivity index is 2.26. The molecular formula is C18H15FN4O2S. The molecule has 0 saturated heterocycles. The summed E-state index contributed by atoms with van der Waals surface area (Å²) >= 11 is 0. The van der Waals surface area contributed by atoms with Gasteiger partial charge in [-0.15, -0.1) is 0 Å². The normalized spacial score (nSPS) is 11.3. The van der Waals surface area contributed by atoms with Crippen LogP contribution in [-0.2, 0) is 16.6 Å². The van der Waals surface area contributed by atoms with E-state index in [9.17, 15) is 18.1 Å². The molecule has 8 heteroatoms. The standard InChI is InChI=1S/C18H15FN4O2S/c1-21-11-13-8-18(16-6-3-7-22-17(16)10-20)23(12-13)26(24,25)15-5-2-4-14(19)9-15/h2-9,12,21H,11H2,1H3. The van der Waals surface area contributed by atoms with Crippen LogP contribution in [0.25, 0.3) is 11.3 Å². The van der Waals surface area contributed by atoms with E-state index in [0.717, 1.165) is 10.0 Å². The predicted octanol–water partition coefficient (Wildman–Crippen LogP) is 2.52. The van der Waals surface area contributed by atoms with Crippen LogP contribution in [0.2, 0.25) is 0 Å². The van der Waals surface area contributed by atoms with E-state index in [-0.39, 0.29) is 10.6 Å². The van der Waals surface area contributed by atoms with Crippen LogP contribution in [0.4, 0.5) is 4.39 Å². The lowest BCUT2D eigenvalue weighted by Crippen LogP contribution is -2.14. The van der Waals surface area contributed by atoms with Gasteiger partial charge in [0.25, 0.3) is 10.0 Å². The SMILES string of the molecule is CNCc1cc(-c2cccnc2C#N)n(S(=O)(=O)c2cccc(F)c2)c1. The summed E-state index contributed by atoms with van der Waals surface area (Å²) in [6.07, 6.45) is 2.92. The maximum atomic E-state index is 13.5. The Labute approximate surface area is 150 Å². The lowest BCUT2D eigenvalue weighted by atomic mass is 10.1. The molecule has 3 rings (SSSR count). The summed E-state index contributed by atoms with van der Waals surface area (Å²) < 4.78 is 40.7. The van der Waals surface area contributed by atoms with Gasteiger partial charge in [-0.3, -0.25) is 0 Å². The highest BCUT2D eigenvalue weighted by molar-refractivity contribution is 7.90. The number of rotatable bonds is 5. The van der Waals surface area contributed by atoms with Crippen LogP contribution in [-0.4, -0.2) is 24.4 Å². The first-order valence-corrected chi connectivity index (χ1v) is 9.14. The van der Waals surface area contributed by atoms with E-state index in [1.807, 2.05) is 6.07 Å². The largest absolute Gasteiger partial charge is 0.316 e. The molecule has 1 N–H and O–H groups in total. The first-order valence-electron chi connectivity index (χ1n) is 7.70. The molecule has 6 nitrogen and oxygen atoms in total. The Hall–Kier alpha value is -3.02. The molecule has 2 heterocycles. The summed E-state index contributed by atoms with van der Waals surface area (Å²) in [6.45, 7) is 0.431. The molecule has 0 aliphatic heterocycles. The van der Waals surface area contributed by atoms with Gasteiger partial charge in [-0.2, -0.15) is 5.26 Å². The van der Waals surface area contributed by atoms with Crippen molar-refractivity contribution in [1.82, 2.24) is 14.3 Å². The van der Waals surface area contributed by atoms with Crippen LogP contribution < -0.4 is 5.32 Å². The first kappa shape index (κ1) is 17.8. The molecule has 1 aromatic carbocycles. The second-order valence-electron chi connectivity index (χ2n) is 5.53. The molecule has 0 amide bonds. The van der Waals surface area contributed by atoms with Gasteiger partial charge in [0.1, 0.15) is 17.6 Å². The van der Waals surface area contributed by atoms with Crippen molar-refractivity contribution in [3.05, 3.63) is 71.9 Å². The Morgan fingerprint density at radius 3 is 2.77 bits per heavy atom. The summed E-state index contributed by atoms with van der Waals surface area (Å²) in [5.74, 6) is -0.644. The molecule has 0 spiro atoms. The zero-order valence-corrected chi connectivity index (χ0v) is 14.7. The van der Waals surface area contributed by atoms with Gasteiger partial charge < -0.3 is 5.32 Å². The Morgan fingerprint density at radius 2 is 2.08 bits per heavy atom. The molecule has 26 heavy (non-hydrogen) atoms. The third-order valence-electron chi connectivity index (χ3n) is 3.77. The average Bonchev–Trinajstić information content (AvgIpc) is 3.06. The fourth-order valence-corrected chi connectivity index (χ4v) is 4.06. The van der Waals surface area contributed by atoms with Crippen LogP contribution in [0, 0.1) is 17.1 Å². The lowest BCUT2D eigenvalue weighted by molar-refractivity contribution is 0.583. The summed E-state index contributed by atoms with van der Waals surface area (Å²) in [4.78, 5) is 3.82. The third kappa shape index (κ3) is 3.22. The van der Waals surface area contributed by atoms with E-state index in [1.165, 1.54) is 30.6 Å². The van der Waals surface area contributed by atoms with Crippen molar-refractivity contribution in [3.8, 4) is 17.3 Å². The Morgan fingerprint density at radius 1 is 1.27 bits per heavy atom. The molecule has 3 aromatic rings. The number of nitrogens with zero attached hydrogens (tertiary/aromatic N) is 3. The van der Waals surface area contributed by atoms with Gasteiger partial charge in [-0.1, -0.05) is 6.07 Å². The summed E-state index contributed by atoms with van der Waals surface area (Å²) in [5.41, 5.74) is 1.49. The minimum Gasteiger partial charge on any atom is -0.316 e. The van der Waals surface area contributed by atoms with Crippen LogP contribution >= 0.6 is 0 Å². The molecule has 0 aliphatic carbocycles. The topological polar surface area (TPSA) is 87.8 Å². The van der Waals surface area contributed by atoms with Gasteiger partial charge in [0, 0.05) is 24.5 Å². The van der Waals surface area contributed by atoms with Gasteiger partial charge in [0.15, 0.2) is 0 Å².